The maximum Gasteiger partial charge on any atom is 0.140 e. The van der Waals surface area contributed by atoms with E-state index in [1.165, 1.54) is 6.20 Å². The van der Waals surface area contributed by atoms with Crippen LogP contribution in [0, 0.1) is 0 Å². The van der Waals surface area contributed by atoms with Gasteiger partial charge in [-0.3, -0.25) is 9.39 Å². The molecule has 0 aliphatic carbocycles. The minimum atomic E-state index is 0.404. The van der Waals surface area contributed by atoms with Gasteiger partial charge in [-0.05, 0) is 25.1 Å². The summed E-state index contributed by atoms with van der Waals surface area (Å²) in [5.41, 5.74) is 9.92. The van der Waals surface area contributed by atoms with Gasteiger partial charge in [0.25, 0.3) is 0 Å². The number of imidazole rings is 1. The molecule has 0 radical (unpaired) electrons. The van der Waals surface area contributed by atoms with Gasteiger partial charge < -0.3 is 21.1 Å². The van der Waals surface area contributed by atoms with Gasteiger partial charge in [-0.2, -0.15) is 0 Å². The summed E-state index contributed by atoms with van der Waals surface area (Å²) >= 11 is 0. The third-order valence-electron chi connectivity index (χ3n) is 5.01. The van der Waals surface area contributed by atoms with Crippen molar-refractivity contribution in [1.29, 1.82) is 0 Å². The Morgan fingerprint density at radius 2 is 2.34 bits per heavy atom. The van der Waals surface area contributed by atoms with E-state index in [2.05, 4.69) is 20.6 Å². The van der Waals surface area contributed by atoms with Gasteiger partial charge in [0, 0.05) is 55.4 Å². The molecule has 1 saturated heterocycles. The van der Waals surface area contributed by atoms with Gasteiger partial charge in [0.1, 0.15) is 17.2 Å². The van der Waals surface area contributed by atoms with E-state index in [-0.39, 0.29) is 0 Å². The number of ether oxygens (including phenoxy) is 1. The Bertz CT molecular complexity index is 1060. The van der Waals surface area contributed by atoms with E-state index in [1.54, 1.807) is 20.4 Å². The molecule has 4 rings (SSSR count). The van der Waals surface area contributed by atoms with E-state index in [4.69, 9.17) is 15.5 Å². The van der Waals surface area contributed by atoms with E-state index >= 15 is 0 Å². The molecule has 3 aromatic rings. The molecule has 8 heteroatoms. The van der Waals surface area contributed by atoms with Crippen molar-refractivity contribution < 1.29 is 4.74 Å². The lowest BCUT2D eigenvalue weighted by Gasteiger charge is -2.13. The highest BCUT2D eigenvalue weighted by Gasteiger charge is 2.16. The average Bonchev–Trinajstić information content (AvgIpc) is 3.40. The van der Waals surface area contributed by atoms with Crippen molar-refractivity contribution >= 4 is 23.3 Å². The average molecular weight is 391 g/mol. The number of hydrogen-bond acceptors (Lipinski definition) is 7. The second kappa shape index (κ2) is 8.32. The number of aromatic nitrogens is 3. The number of aliphatic imine (C=N–C) groups is 1. The summed E-state index contributed by atoms with van der Waals surface area (Å²) in [6.45, 7) is 1.99. The summed E-state index contributed by atoms with van der Waals surface area (Å²) in [4.78, 5) is 13.4. The number of methoxy groups -OCH3 is 1. The first-order valence-electron chi connectivity index (χ1n) is 9.57. The number of anilines is 1. The van der Waals surface area contributed by atoms with Gasteiger partial charge in [-0.15, -0.1) is 0 Å². The molecule has 8 nitrogen and oxygen atoms in total. The molecule has 0 aromatic carbocycles. The summed E-state index contributed by atoms with van der Waals surface area (Å²) in [7, 11) is 3.34. The van der Waals surface area contributed by atoms with Gasteiger partial charge in [-0.1, -0.05) is 6.07 Å². The van der Waals surface area contributed by atoms with E-state index in [1.807, 2.05) is 41.1 Å². The van der Waals surface area contributed by atoms with E-state index in [0.717, 1.165) is 53.5 Å². The molecule has 0 saturated carbocycles. The highest BCUT2D eigenvalue weighted by molar-refractivity contribution is 6.10. The molecule has 1 aliphatic rings. The SMILES string of the molecule is CN=C/C(=C\N)c1cn2c(-c3cccc(NC4CCNC4)n3)cnc2cc1OC. The molecular formula is C21H25N7O. The van der Waals surface area contributed by atoms with Crippen molar-refractivity contribution in [3.05, 3.63) is 48.4 Å². The van der Waals surface area contributed by atoms with Crippen LogP contribution in [0.1, 0.15) is 12.0 Å². The zero-order valence-electron chi connectivity index (χ0n) is 16.6. The molecule has 1 unspecified atom stereocenters. The van der Waals surface area contributed by atoms with Crippen LogP contribution in [-0.4, -0.2) is 53.9 Å². The molecule has 4 heterocycles. The normalized spacial score (nSPS) is 17.3. The van der Waals surface area contributed by atoms with Crippen molar-refractivity contribution in [3.8, 4) is 17.1 Å². The lowest BCUT2D eigenvalue weighted by atomic mass is 10.1. The number of nitrogens with two attached hydrogens (primary N) is 1. The standard InChI is InChI=1S/C21H25N7O/c1-23-10-14(9-22)16-13-28-18(12-25-21(28)8-19(16)29-2)17-4-3-5-20(27-17)26-15-6-7-24-11-15/h3-5,8-10,12-13,15,24H,6-7,11,22H2,1-2H3,(H,26,27)/b14-9+,23-10?. The van der Waals surface area contributed by atoms with Crippen LogP contribution in [0.5, 0.6) is 5.75 Å². The first-order chi connectivity index (χ1) is 14.2. The lowest BCUT2D eigenvalue weighted by Crippen LogP contribution is -2.22. The van der Waals surface area contributed by atoms with Crippen LogP contribution in [0.2, 0.25) is 0 Å². The van der Waals surface area contributed by atoms with Crippen LogP contribution >= 0.6 is 0 Å². The van der Waals surface area contributed by atoms with E-state index in [9.17, 15) is 0 Å². The monoisotopic (exact) mass is 391 g/mol. The molecule has 3 aromatic heterocycles. The smallest absolute Gasteiger partial charge is 0.140 e. The molecule has 0 bridgehead atoms. The summed E-state index contributed by atoms with van der Waals surface area (Å²) in [6, 6.07) is 8.27. The van der Waals surface area contributed by atoms with Crippen molar-refractivity contribution in [2.45, 2.75) is 12.5 Å². The minimum absolute atomic E-state index is 0.404. The van der Waals surface area contributed by atoms with E-state index in [0.29, 0.717) is 11.8 Å². The molecular weight excluding hydrogens is 366 g/mol. The van der Waals surface area contributed by atoms with Crippen LogP contribution in [0.3, 0.4) is 0 Å². The fraction of sp³-hybridized carbons (Fsp3) is 0.286. The zero-order valence-corrected chi connectivity index (χ0v) is 16.6. The number of nitrogens with zero attached hydrogens (tertiary/aromatic N) is 4. The first-order valence-corrected chi connectivity index (χ1v) is 9.57. The third-order valence-corrected chi connectivity index (χ3v) is 5.01. The summed E-state index contributed by atoms with van der Waals surface area (Å²) < 4.78 is 7.54. The van der Waals surface area contributed by atoms with Gasteiger partial charge in [0.15, 0.2) is 0 Å². The molecule has 150 valence electrons. The summed E-state index contributed by atoms with van der Waals surface area (Å²) in [5.74, 6) is 1.55. The van der Waals surface area contributed by atoms with Crippen molar-refractivity contribution in [2.24, 2.45) is 10.7 Å². The summed E-state index contributed by atoms with van der Waals surface area (Å²) in [5, 5.41) is 6.86. The quantitative estimate of drug-likeness (QED) is 0.557. The highest BCUT2D eigenvalue weighted by atomic mass is 16.5. The second-order valence-electron chi connectivity index (χ2n) is 6.88. The topological polar surface area (TPSA) is 102 Å². The van der Waals surface area contributed by atoms with Gasteiger partial charge in [0.05, 0.1) is 24.7 Å². The van der Waals surface area contributed by atoms with Gasteiger partial charge in [0.2, 0.25) is 0 Å². The number of rotatable bonds is 6. The molecule has 0 amide bonds. The fourth-order valence-electron chi connectivity index (χ4n) is 3.57. The van der Waals surface area contributed by atoms with Crippen LogP contribution in [0.25, 0.3) is 22.6 Å². The number of allylic oxidation sites excluding steroid dienone is 1. The maximum atomic E-state index is 5.82. The zero-order chi connectivity index (χ0) is 20.2. The Morgan fingerprint density at radius 1 is 1.45 bits per heavy atom. The van der Waals surface area contributed by atoms with Crippen molar-refractivity contribution in [1.82, 2.24) is 19.7 Å². The Morgan fingerprint density at radius 3 is 3.07 bits per heavy atom. The molecule has 4 N–H and O–H groups in total. The maximum absolute atomic E-state index is 5.82. The summed E-state index contributed by atoms with van der Waals surface area (Å²) in [6.07, 6.45) is 8.10. The molecule has 1 aliphatic heterocycles. The third kappa shape index (κ3) is 3.79. The van der Waals surface area contributed by atoms with Crippen molar-refractivity contribution in [2.75, 3.05) is 32.6 Å². The largest absolute Gasteiger partial charge is 0.496 e. The first kappa shape index (κ1) is 18.9. The molecule has 1 atom stereocenters. The minimum Gasteiger partial charge on any atom is -0.496 e. The molecule has 0 spiro atoms. The predicted octanol–water partition coefficient (Wildman–Crippen LogP) is 2.18. The Hall–Kier alpha value is -3.39. The Labute approximate surface area is 169 Å². The lowest BCUT2D eigenvalue weighted by molar-refractivity contribution is 0.413. The second-order valence-corrected chi connectivity index (χ2v) is 6.88. The van der Waals surface area contributed by atoms with Crippen molar-refractivity contribution in [3.63, 3.8) is 0 Å². The predicted molar refractivity (Wildman–Crippen MR) is 116 cm³/mol. The number of fused-ring (bicyclic) bond motifs is 1. The van der Waals surface area contributed by atoms with Gasteiger partial charge in [-0.25, -0.2) is 9.97 Å². The Balaban J connectivity index is 1.76. The fourth-order valence-corrected chi connectivity index (χ4v) is 3.57. The van der Waals surface area contributed by atoms with Gasteiger partial charge >= 0.3 is 0 Å². The molecule has 1 fully saturated rings. The number of pyridine rings is 2. The molecule has 29 heavy (non-hydrogen) atoms. The van der Waals surface area contributed by atoms with Crippen LogP contribution in [-0.2, 0) is 0 Å². The Kier molecular flexibility index (Phi) is 5.44. The highest BCUT2D eigenvalue weighted by Crippen LogP contribution is 2.29. The van der Waals surface area contributed by atoms with Crippen LogP contribution in [0.4, 0.5) is 5.82 Å². The van der Waals surface area contributed by atoms with Crippen LogP contribution in [0.15, 0.2) is 47.9 Å². The van der Waals surface area contributed by atoms with Crippen LogP contribution < -0.4 is 21.1 Å². The number of hydrogen-bond donors (Lipinski definition) is 3. The number of nitrogens with one attached hydrogen (secondary N) is 2. The van der Waals surface area contributed by atoms with E-state index < -0.39 is 0 Å².